The smallest absolute Gasteiger partial charge is 0.0894 e. The lowest BCUT2D eigenvalue weighted by molar-refractivity contribution is 0.171. The Hall–Kier alpha value is -0.380. The van der Waals surface area contributed by atoms with E-state index in [0.717, 1.165) is 24.4 Å². The second kappa shape index (κ2) is 5.30. The quantitative estimate of drug-likeness (QED) is 0.685. The van der Waals surface area contributed by atoms with E-state index in [1.807, 2.05) is 17.5 Å². The molecule has 0 bridgehead atoms. The molecule has 0 radical (unpaired) electrons. The first-order chi connectivity index (χ1) is 5.84. The number of hydrogen-bond acceptors (Lipinski definition) is 3. The Kier molecular flexibility index (Phi) is 4.29. The topological polar surface area (TPSA) is 32.3 Å². The van der Waals surface area contributed by atoms with Gasteiger partial charge in [-0.05, 0) is 31.0 Å². The molecule has 1 rings (SSSR count). The second-order valence-electron chi connectivity index (χ2n) is 2.67. The molecule has 0 saturated carbocycles. The lowest BCUT2D eigenvalue weighted by atomic mass is 10.2. The third-order valence-corrected chi connectivity index (χ3v) is 2.69. The Balaban J connectivity index is 2.25. The van der Waals surface area contributed by atoms with Crippen molar-refractivity contribution in [2.24, 2.45) is 0 Å². The summed E-state index contributed by atoms with van der Waals surface area (Å²) in [5.41, 5.74) is 0. The Labute approximate surface area is 77.2 Å². The van der Waals surface area contributed by atoms with Gasteiger partial charge >= 0.3 is 0 Å². The number of aliphatic hydroxyl groups excluding tert-OH is 1. The number of aliphatic hydroxyl groups is 1. The summed E-state index contributed by atoms with van der Waals surface area (Å²) in [6.07, 6.45) is 0.512. The van der Waals surface area contributed by atoms with E-state index in [-0.39, 0.29) is 6.10 Å². The minimum Gasteiger partial charge on any atom is -0.388 e. The molecule has 0 aromatic carbocycles. The standard InChI is InChI=1S/C9H15NOS/c1-2-10-6-5-8(11)9-4-3-7-12-9/h3-4,7-8,10-11H,2,5-6H2,1H3/t8-/m0/s1. The van der Waals surface area contributed by atoms with Crippen LogP contribution in [0.25, 0.3) is 0 Å². The maximum absolute atomic E-state index is 9.61. The van der Waals surface area contributed by atoms with Gasteiger partial charge in [-0.1, -0.05) is 13.0 Å². The van der Waals surface area contributed by atoms with Crippen molar-refractivity contribution in [1.29, 1.82) is 0 Å². The van der Waals surface area contributed by atoms with E-state index >= 15 is 0 Å². The van der Waals surface area contributed by atoms with Gasteiger partial charge in [-0.15, -0.1) is 11.3 Å². The summed E-state index contributed by atoms with van der Waals surface area (Å²) in [4.78, 5) is 1.06. The molecule has 0 spiro atoms. The first-order valence-electron chi connectivity index (χ1n) is 4.26. The van der Waals surface area contributed by atoms with Crippen LogP contribution >= 0.6 is 11.3 Å². The molecule has 12 heavy (non-hydrogen) atoms. The molecular weight excluding hydrogens is 170 g/mol. The molecule has 1 heterocycles. The van der Waals surface area contributed by atoms with Crippen LogP contribution in [0.1, 0.15) is 24.3 Å². The minimum absolute atomic E-state index is 0.288. The van der Waals surface area contributed by atoms with Crippen LogP contribution in [0.4, 0.5) is 0 Å². The maximum atomic E-state index is 9.61. The molecule has 1 atom stereocenters. The zero-order valence-corrected chi connectivity index (χ0v) is 8.10. The van der Waals surface area contributed by atoms with Gasteiger partial charge in [-0.3, -0.25) is 0 Å². The second-order valence-corrected chi connectivity index (χ2v) is 3.65. The van der Waals surface area contributed by atoms with Gasteiger partial charge in [-0.25, -0.2) is 0 Å². The van der Waals surface area contributed by atoms with Gasteiger partial charge in [-0.2, -0.15) is 0 Å². The largest absolute Gasteiger partial charge is 0.388 e. The highest BCUT2D eigenvalue weighted by molar-refractivity contribution is 7.10. The van der Waals surface area contributed by atoms with Crippen molar-refractivity contribution in [2.75, 3.05) is 13.1 Å². The van der Waals surface area contributed by atoms with E-state index < -0.39 is 0 Å². The summed E-state index contributed by atoms with van der Waals surface area (Å²) in [7, 11) is 0. The molecule has 2 nitrogen and oxygen atoms in total. The van der Waals surface area contributed by atoms with Gasteiger partial charge in [0.1, 0.15) is 0 Å². The van der Waals surface area contributed by atoms with Crippen molar-refractivity contribution in [2.45, 2.75) is 19.4 Å². The zero-order valence-electron chi connectivity index (χ0n) is 7.29. The van der Waals surface area contributed by atoms with Crippen LogP contribution in [0.3, 0.4) is 0 Å². The lowest BCUT2D eigenvalue weighted by Crippen LogP contribution is -2.16. The van der Waals surface area contributed by atoms with Gasteiger partial charge in [0.15, 0.2) is 0 Å². The summed E-state index contributed by atoms with van der Waals surface area (Å²) in [5, 5.41) is 14.8. The monoisotopic (exact) mass is 185 g/mol. The van der Waals surface area contributed by atoms with Gasteiger partial charge in [0, 0.05) is 4.88 Å². The lowest BCUT2D eigenvalue weighted by Gasteiger charge is -2.07. The maximum Gasteiger partial charge on any atom is 0.0894 e. The highest BCUT2D eigenvalue weighted by atomic mass is 32.1. The highest BCUT2D eigenvalue weighted by Gasteiger charge is 2.06. The highest BCUT2D eigenvalue weighted by Crippen LogP contribution is 2.20. The molecule has 0 fully saturated rings. The predicted octanol–water partition coefficient (Wildman–Crippen LogP) is 1.78. The van der Waals surface area contributed by atoms with Gasteiger partial charge in [0.25, 0.3) is 0 Å². The zero-order chi connectivity index (χ0) is 8.81. The fourth-order valence-corrected chi connectivity index (χ4v) is 1.79. The Morgan fingerprint density at radius 1 is 1.67 bits per heavy atom. The molecule has 1 aromatic rings. The van der Waals surface area contributed by atoms with Gasteiger partial charge in [0.2, 0.25) is 0 Å². The fraction of sp³-hybridized carbons (Fsp3) is 0.556. The van der Waals surface area contributed by atoms with Crippen molar-refractivity contribution in [3.63, 3.8) is 0 Å². The normalized spacial score (nSPS) is 13.2. The van der Waals surface area contributed by atoms with E-state index in [4.69, 9.17) is 0 Å². The van der Waals surface area contributed by atoms with Gasteiger partial charge < -0.3 is 10.4 Å². The molecule has 0 aliphatic carbocycles. The SMILES string of the molecule is CCNCC[C@H](O)c1cccs1. The Morgan fingerprint density at radius 2 is 2.50 bits per heavy atom. The van der Waals surface area contributed by atoms with Crippen LogP contribution in [0.2, 0.25) is 0 Å². The fourth-order valence-electron chi connectivity index (χ4n) is 1.04. The average molecular weight is 185 g/mol. The number of thiophene rings is 1. The molecule has 0 saturated heterocycles. The van der Waals surface area contributed by atoms with Crippen molar-refractivity contribution in [1.82, 2.24) is 5.32 Å². The average Bonchev–Trinajstić information content (AvgIpc) is 2.56. The van der Waals surface area contributed by atoms with Gasteiger partial charge in [0.05, 0.1) is 6.10 Å². The number of hydrogen-bond donors (Lipinski definition) is 2. The van der Waals surface area contributed by atoms with Crippen LogP contribution < -0.4 is 5.32 Å². The van der Waals surface area contributed by atoms with Crippen LogP contribution in [0.15, 0.2) is 17.5 Å². The summed E-state index contributed by atoms with van der Waals surface area (Å²) in [6, 6.07) is 3.94. The van der Waals surface area contributed by atoms with E-state index in [9.17, 15) is 5.11 Å². The Bertz CT molecular complexity index is 198. The third kappa shape index (κ3) is 2.93. The number of rotatable bonds is 5. The molecule has 0 unspecified atom stereocenters. The first-order valence-corrected chi connectivity index (χ1v) is 5.14. The third-order valence-electron chi connectivity index (χ3n) is 1.72. The van der Waals surface area contributed by atoms with E-state index in [1.54, 1.807) is 11.3 Å². The summed E-state index contributed by atoms with van der Waals surface area (Å²) in [5.74, 6) is 0. The van der Waals surface area contributed by atoms with Crippen molar-refractivity contribution < 1.29 is 5.11 Å². The molecule has 2 N–H and O–H groups in total. The van der Waals surface area contributed by atoms with Crippen molar-refractivity contribution in [3.8, 4) is 0 Å². The molecule has 3 heteroatoms. The molecular formula is C9H15NOS. The van der Waals surface area contributed by atoms with Crippen LogP contribution in [0.5, 0.6) is 0 Å². The minimum atomic E-state index is -0.288. The van der Waals surface area contributed by atoms with E-state index in [1.165, 1.54) is 0 Å². The van der Waals surface area contributed by atoms with Crippen molar-refractivity contribution >= 4 is 11.3 Å². The van der Waals surface area contributed by atoms with Crippen LogP contribution in [-0.4, -0.2) is 18.2 Å². The molecule has 0 amide bonds. The summed E-state index contributed by atoms with van der Waals surface area (Å²) >= 11 is 1.61. The molecule has 68 valence electrons. The van der Waals surface area contributed by atoms with Crippen LogP contribution in [0, 0.1) is 0 Å². The van der Waals surface area contributed by atoms with E-state index in [0.29, 0.717) is 0 Å². The summed E-state index contributed by atoms with van der Waals surface area (Å²) < 4.78 is 0. The van der Waals surface area contributed by atoms with Crippen molar-refractivity contribution in [3.05, 3.63) is 22.4 Å². The first kappa shape index (κ1) is 9.71. The van der Waals surface area contributed by atoms with E-state index in [2.05, 4.69) is 12.2 Å². The molecule has 0 aliphatic rings. The predicted molar refractivity (Wildman–Crippen MR) is 52.4 cm³/mol. The molecule has 0 aliphatic heterocycles. The van der Waals surface area contributed by atoms with Crippen LogP contribution in [-0.2, 0) is 0 Å². The summed E-state index contributed by atoms with van der Waals surface area (Å²) in [6.45, 7) is 3.92. The number of nitrogens with one attached hydrogen (secondary N) is 1. The molecule has 1 aromatic heterocycles. The Morgan fingerprint density at radius 3 is 3.08 bits per heavy atom.